The standard InChI is InChI=1S/C14H9F3N2O3S/c1-6-18-19-12(23-6)7-3-4-8-9(5-7)22-13(20)11(21-2)10(8)14(15,16)17/h3-5H,1-2H3. The molecule has 0 bridgehead atoms. The highest BCUT2D eigenvalue weighted by Crippen LogP contribution is 2.40. The summed E-state index contributed by atoms with van der Waals surface area (Å²) < 4.78 is 49.4. The van der Waals surface area contributed by atoms with Gasteiger partial charge in [0.05, 0.1) is 7.11 Å². The number of hydrogen-bond donors (Lipinski definition) is 0. The Labute approximate surface area is 131 Å². The average Bonchev–Trinajstić information content (AvgIpc) is 2.90. The van der Waals surface area contributed by atoms with Crippen LogP contribution in [0.2, 0.25) is 0 Å². The van der Waals surface area contributed by atoms with Crippen LogP contribution in [0, 0.1) is 6.92 Å². The molecule has 0 saturated heterocycles. The number of aromatic nitrogens is 2. The highest BCUT2D eigenvalue weighted by atomic mass is 32.1. The molecule has 0 aliphatic rings. The van der Waals surface area contributed by atoms with E-state index in [9.17, 15) is 18.0 Å². The molecule has 0 unspecified atom stereocenters. The van der Waals surface area contributed by atoms with E-state index in [-0.39, 0.29) is 11.0 Å². The normalized spacial score (nSPS) is 11.9. The minimum Gasteiger partial charge on any atom is -0.489 e. The number of aryl methyl sites for hydroxylation is 1. The van der Waals surface area contributed by atoms with Crippen molar-refractivity contribution in [1.29, 1.82) is 0 Å². The summed E-state index contributed by atoms with van der Waals surface area (Å²) in [7, 11) is 0.992. The van der Waals surface area contributed by atoms with E-state index in [1.54, 1.807) is 6.92 Å². The third kappa shape index (κ3) is 2.67. The van der Waals surface area contributed by atoms with Crippen LogP contribution in [0.4, 0.5) is 13.2 Å². The summed E-state index contributed by atoms with van der Waals surface area (Å²) in [6.45, 7) is 1.76. The van der Waals surface area contributed by atoms with E-state index in [0.717, 1.165) is 7.11 Å². The second-order valence-corrected chi connectivity index (χ2v) is 5.81. The van der Waals surface area contributed by atoms with Crippen molar-refractivity contribution in [2.75, 3.05) is 7.11 Å². The van der Waals surface area contributed by atoms with Gasteiger partial charge >= 0.3 is 11.8 Å². The molecule has 0 amide bonds. The van der Waals surface area contributed by atoms with Gasteiger partial charge in [-0.3, -0.25) is 0 Å². The van der Waals surface area contributed by atoms with Gasteiger partial charge in [-0.15, -0.1) is 10.2 Å². The maximum absolute atomic E-state index is 13.3. The zero-order chi connectivity index (χ0) is 16.8. The van der Waals surface area contributed by atoms with E-state index in [4.69, 9.17) is 4.42 Å². The third-order valence-corrected chi connectivity index (χ3v) is 4.01. The van der Waals surface area contributed by atoms with Crippen molar-refractivity contribution in [1.82, 2.24) is 10.2 Å². The van der Waals surface area contributed by atoms with Gasteiger partial charge in [0.2, 0.25) is 5.75 Å². The van der Waals surface area contributed by atoms with Crippen LogP contribution in [0.25, 0.3) is 21.5 Å². The quantitative estimate of drug-likeness (QED) is 0.665. The van der Waals surface area contributed by atoms with Crippen LogP contribution in [-0.2, 0) is 6.18 Å². The Balaban J connectivity index is 2.32. The Morgan fingerprint density at radius 3 is 2.57 bits per heavy atom. The monoisotopic (exact) mass is 342 g/mol. The molecule has 0 aliphatic carbocycles. The van der Waals surface area contributed by atoms with Crippen LogP contribution in [-0.4, -0.2) is 17.3 Å². The number of ether oxygens (including phenoxy) is 1. The Bertz CT molecular complexity index is 947. The lowest BCUT2D eigenvalue weighted by molar-refractivity contribution is -0.137. The largest absolute Gasteiger partial charge is 0.489 e. The van der Waals surface area contributed by atoms with Crippen molar-refractivity contribution in [3.05, 3.63) is 39.2 Å². The fraction of sp³-hybridized carbons (Fsp3) is 0.214. The van der Waals surface area contributed by atoms with Crippen LogP contribution in [0.15, 0.2) is 27.4 Å². The van der Waals surface area contributed by atoms with Gasteiger partial charge in [0.1, 0.15) is 21.2 Å². The van der Waals surface area contributed by atoms with Crippen molar-refractivity contribution in [2.24, 2.45) is 0 Å². The van der Waals surface area contributed by atoms with Crippen LogP contribution >= 0.6 is 11.3 Å². The molecule has 0 saturated carbocycles. The van der Waals surface area contributed by atoms with Crippen LogP contribution in [0.3, 0.4) is 0 Å². The fourth-order valence-electron chi connectivity index (χ4n) is 2.20. The summed E-state index contributed by atoms with van der Waals surface area (Å²) in [6.07, 6.45) is -4.75. The third-order valence-electron chi connectivity index (χ3n) is 3.13. The zero-order valence-corrected chi connectivity index (χ0v) is 12.7. The average molecular weight is 342 g/mol. The van der Waals surface area contributed by atoms with Gasteiger partial charge in [0.25, 0.3) is 0 Å². The number of nitrogens with zero attached hydrogens (tertiary/aromatic N) is 2. The van der Waals surface area contributed by atoms with Gasteiger partial charge in [-0.2, -0.15) is 13.2 Å². The van der Waals surface area contributed by atoms with Crippen LogP contribution in [0.1, 0.15) is 10.6 Å². The van der Waals surface area contributed by atoms with Crippen molar-refractivity contribution in [3.63, 3.8) is 0 Å². The Hall–Kier alpha value is -2.42. The van der Waals surface area contributed by atoms with E-state index in [0.29, 0.717) is 15.6 Å². The summed E-state index contributed by atoms with van der Waals surface area (Å²) in [5.41, 5.74) is -2.00. The number of methoxy groups -OCH3 is 1. The van der Waals surface area contributed by atoms with E-state index in [1.165, 1.54) is 29.5 Å². The van der Waals surface area contributed by atoms with Crippen LogP contribution in [0.5, 0.6) is 5.75 Å². The first-order valence-corrected chi connectivity index (χ1v) is 7.15. The molecule has 0 spiro atoms. The van der Waals surface area contributed by atoms with Gasteiger partial charge in [0.15, 0.2) is 0 Å². The number of hydrogen-bond acceptors (Lipinski definition) is 6. The van der Waals surface area contributed by atoms with Gasteiger partial charge in [-0.1, -0.05) is 17.4 Å². The minimum absolute atomic E-state index is 0.187. The first-order valence-electron chi connectivity index (χ1n) is 6.34. The predicted molar refractivity (Wildman–Crippen MR) is 77.7 cm³/mol. The summed E-state index contributed by atoms with van der Waals surface area (Å²) in [5, 5.41) is 8.76. The van der Waals surface area contributed by atoms with E-state index < -0.39 is 23.1 Å². The maximum atomic E-state index is 13.3. The highest BCUT2D eigenvalue weighted by molar-refractivity contribution is 7.14. The predicted octanol–water partition coefficient (Wildman–Crippen LogP) is 3.65. The molecule has 9 heteroatoms. The number of rotatable bonds is 2. The molecule has 1 aromatic carbocycles. The summed E-state index contributed by atoms with van der Waals surface area (Å²) in [4.78, 5) is 11.8. The number of halogens is 3. The fourth-order valence-corrected chi connectivity index (χ4v) is 2.88. The lowest BCUT2D eigenvalue weighted by atomic mass is 10.1. The summed E-state index contributed by atoms with van der Waals surface area (Å²) in [5.74, 6) is -0.857. The van der Waals surface area contributed by atoms with Crippen molar-refractivity contribution in [2.45, 2.75) is 13.1 Å². The second-order valence-electron chi connectivity index (χ2n) is 4.63. The summed E-state index contributed by atoms with van der Waals surface area (Å²) in [6, 6.07) is 4.04. The van der Waals surface area contributed by atoms with E-state index >= 15 is 0 Å². The first kappa shape index (κ1) is 15.5. The molecular weight excluding hydrogens is 333 g/mol. The Kier molecular flexibility index (Phi) is 3.59. The lowest BCUT2D eigenvalue weighted by Gasteiger charge is -2.13. The van der Waals surface area contributed by atoms with E-state index in [2.05, 4.69) is 14.9 Å². The molecule has 2 heterocycles. The highest BCUT2D eigenvalue weighted by Gasteiger charge is 2.38. The number of fused-ring (bicyclic) bond motifs is 1. The molecule has 0 N–H and O–H groups in total. The minimum atomic E-state index is -4.75. The molecule has 120 valence electrons. The topological polar surface area (TPSA) is 65.2 Å². The van der Waals surface area contributed by atoms with Gasteiger partial charge < -0.3 is 9.15 Å². The molecule has 23 heavy (non-hydrogen) atoms. The van der Waals surface area contributed by atoms with Gasteiger partial charge in [0, 0.05) is 10.9 Å². The maximum Gasteiger partial charge on any atom is 0.420 e. The molecule has 2 aromatic heterocycles. The number of alkyl halides is 3. The Morgan fingerprint density at radius 1 is 1.26 bits per heavy atom. The first-order chi connectivity index (χ1) is 10.8. The Morgan fingerprint density at radius 2 is 2.00 bits per heavy atom. The number of benzene rings is 1. The van der Waals surface area contributed by atoms with Crippen LogP contribution < -0.4 is 10.4 Å². The molecular formula is C14H9F3N2O3S. The second kappa shape index (κ2) is 5.34. The zero-order valence-electron chi connectivity index (χ0n) is 11.9. The molecule has 0 aliphatic heterocycles. The lowest BCUT2D eigenvalue weighted by Crippen LogP contribution is -2.15. The van der Waals surface area contributed by atoms with Crippen molar-refractivity contribution >= 4 is 22.3 Å². The molecule has 0 radical (unpaired) electrons. The molecule has 0 atom stereocenters. The summed E-state index contributed by atoms with van der Waals surface area (Å²) >= 11 is 1.28. The molecule has 0 fully saturated rings. The molecule has 3 rings (SSSR count). The van der Waals surface area contributed by atoms with E-state index in [1.807, 2.05) is 0 Å². The van der Waals surface area contributed by atoms with Gasteiger partial charge in [-0.05, 0) is 19.1 Å². The van der Waals surface area contributed by atoms with Gasteiger partial charge in [-0.25, -0.2) is 4.79 Å². The molecule has 5 nitrogen and oxygen atoms in total. The van der Waals surface area contributed by atoms with Crippen molar-refractivity contribution < 1.29 is 22.3 Å². The smallest absolute Gasteiger partial charge is 0.420 e. The van der Waals surface area contributed by atoms with Crippen molar-refractivity contribution in [3.8, 4) is 16.3 Å². The SMILES string of the molecule is COc1c(C(F)(F)F)c2ccc(-c3nnc(C)s3)cc2oc1=O. The molecule has 3 aromatic rings.